The maximum absolute atomic E-state index is 12.7. The summed E-state index contributed by atoms with van der Waals surface area (Å²) in [5.74, 6) is 0.332. The Hall–Kier alpha value is -2.74. The number of aryl methyl sites for hydroxylation is 1. The molecule has 1 aliphatic heterocycles. The zero-order chi connectivity index (χ0) is 18.0. The summed E-state index contributed by atoms with van der Waals surface area (Å²) in [6.07, 6.45) is 4.30. The minimum Gasteiger partial charge on any atom is -0.385 e. The number of piperidine rings is 1. The first kappa shape index (κ1) is 17.1. The van der Waals surface area contributed by atoms with Crippen LogP contribution < -0.4 is 0 Å². The lowest BCUT2D eigenvalue weighted by atomic mass is 9.91. The van der Waals surface area contributed by atoms with E-state index in [0.29, 0.717) is 24.5 Å². The predicted octanol–water partition coefficient (Wildman–Crippen LogP) is 1.91. The molecule has 2 heterocycles. The number of amides is 1. The molecule has 0 bridgehead atoms. The number of likely N-dealkylation sites (tertiary alicyclic amines) is 1. The fraction of sp³-hybridized carbons (Fsp3) is 0.412. The molecule has 3 rings (SSSR count). The Morgan fingerprint density at radius 2 is 2.12 bits per heavy atom. The summed E-state index contributed by atoms with van der Waals surface area (Å²) in [5.41, 5.74) is 0.371. The van der Waals surface area contributed by atoms with Crippen molar-refractivity contribution in [3.63, 3.8) is 0 Å². The molecule has 25 heavy (non-hydrogen) atoms. The predicted molar refractivity (Wildman–Crippen MR) is 89.9 cm³/mol. The van der Waals surface area contributed by atoms with E-state index in [1.165, 1.54) is 24.3 Å². The van der Waals surface area contributed by atoms with Crippen molar-refractivity contribution in [1.82, 2.24) is 14.5 Å². The van der Waals surface area contributed by atoms with E-state index in [4.69, 9.17) is 0 Å². The van der Waals surface area contributed by atoms with E-state index in [0.717, 1.165) is 12.8 Å². The number of rotatable bonds is 4. The van der Waals surface area contributed by atoms with Gasteiger partial charge in [-0.05, 0) is 25.0 Å². The second-order valence-electron chi connectivity index (χ2n) is 6.30. The highest BCUT2D eigenvalue weighted by Gasteiger charge is 2.31. The van der Waals surface area contributed by atoms with Gasteiger partial charge in [-0.2, -0.15) is 0 Å². The molecule has 1 N–H and O–H groups in total. The number of nitro benzene ring substituents is 1. The van der Waals surface area contributed by atoms with Crippen LogP contribution >= 0.6 is 0 Å². The standard InChI is InChI=1S/C17H20N4O4/c1-19-10-8-18-16(19)15(22)13-3-2-9-20(11-13)17(23)12-4-6-14(7-5-12)21(24)25/h4-8,10,13,15,22H,2-3,9,11H2,1H3. The van der Waals surface area contributed by atoms with E-state index in [1.54, 1.807) is 21.9 Å². The first-order valence-electron chi connectivity index (χ1n) is 8.16. The van der Waals surface area contributed by atoms with E-state index >= 15 is 0 Å². The van der Waals surface area contributed by atoms with Crippen LogP contribution in [0.1, 0.15) is 35.1 Å². The summed E-state index contributed by atoms with van der Waals surface area (Å²) in [6, 6.07) is 5.60. The van der Waals surface area contributed by atoms with Crippen LogP contribution in [0.15, 0.2) is 36.7 Å². The van der Waals surface area contributed by atoms with E-state index in [-0.39, 0.29) is 17.5 Å². The molecule has 0 aliphatic carbocycles. The summed E-state index contributed by atoms with van der Waals surface area (Å²) in [7, 11) is 1.83. The first-order chi connectivity index (χ1) is 12.0. The number of carbonyl (C=O) groups is 1. The van der Waals surface area contributed by atoms with E-state index in [9.17, 15) is 20.0 Å². The smallest absolute Gasteiger partial charge is 0.269 e. The molecule has 1 fully saturated rings. The van der Waals surface area contributed by atoms with Gasteiger partial charge in [-0.1, -0.05) is 0 Å². The highest BCUT2D eigenvalue weighted by Crippen LogP contribution is 2.29. The lowest BCUT2D eigenvalue weighted by Crippen LogP contribution is -2.42. The van der Waals surface area contributed by atoms with Crippen LogP contribution in [0.4, 0.5) is 5.69 Å². The second kappa shape index (κ2) is 7.02. The zero-order valence-corrected chi connectivity index (χ0v) is 13.9. The van der Waals surface area contributed by atoms with Crippen molar-refractivity contribution in [2.45, 2.75) is 18.9 Å². The van der Waals surface area contributed by atoms with Crippen LogP contribution in [0.2, 0.25) is 0 Å². The number of nitro groups is 1. The largest absolute Gasteiger partial charge is 0.385 e. The average Bonchev–Trinajstić information content (AvgIpc) is 3.06. The minimum atomic E-state index is -0.729. The van der Waals surface area contributed by atoms with Crippen molar-refractivity contribution in [3.8, 4) is 0 Å². The van der Waals surface area contributed by atoms with Gasteiger partial charge in [-0.25, -0.2) is 4.98 Å². The zero-order valence-electron chi connectivity index (χ0n) is 13.9. The van der Waals surface area contributed by atoms with Gasteiger partial charge in [0.2, 0.25) is 0 Å². The van der Waals surface area contributed by atoms with Gasteiger partial charge >= 0.3 is 0 Å². The molecular formula is C17H20N4O4. The quantitative estimate of drug-likeness (QED) is 0.674. The van der Waals surface area contributed by atoms with Crippen molar-refractivity contribution >= 4 is 11.6 Å². The Morgan fingerprint density at radius 1 is 1.40 bits per heavy atom. The molecule has 132 valence electrons. The average molecular weight is 344 g/mol. The summed E-state index contributed by atoms with van der Waals surface area (Å²) < 4.78 is 1.78. The molecule has 1 amide bonds. The first-order valence-corrected chi connectivity index (χ1v) is 8.16. The summed E-state index contributed by atoms with van der Waals surface area (Å²) >= 11 is 0. The number of aliphatic hydroxyl groups excluding tert-OH is 1. The maximum atomic E-state index is 12.7. The fourth-order valence-electron chi connectivity index (χ4n) is 3.23. The van der Waals surface area contributed by atoms with Crippen LogP contribution in [-0.2, 0) is 7.05 Å². The normalized spacial score (nSPS) is 18.8. The van der Waals surface area contributed by atoms with Gasteiger partial charge in [-0.15, -0.1) is 0 Å². The molecule has 1 aromatic carbocycles. The monoisotopic (exact) mass is 344 g/mol. The van der Waals surface area contributed by atoms with E-state index in [1.807, 2.05) is 7.05 Å². The molecule has 8 nitrogen and oxygen atoms in total. The third-order valence-electron chi connectivity index (χ3n) is 4.64. The third kappa shape index (κ3) is 3.53. The van der Waals surface area contributed by atoms with Gasteiger partial charge in [-0.3, -0.25) is 14.9 Å². The number of nitrogens with zero attached hydrogens (tertiary/aromatic N) is 4. The number of benzene rings is 1. The molecular weight excluding hydrogens is 324 g/mol. The van der Waals surface area contributed by atoms with Crippen molar-refractivity contribution in [3.05, 3.63) is 58.2 Å². The Morgan fingerprint density at radius 3 is 2.72 bits per heavy atom. The van der Waals surface area contributed by atoms with Crippen molar-refractivity contribution in [1.29, 1.82) is 0 Å². The number of aromatic nitrogens is 2. The molecule has 2 unspecified atom stereocenters. The molecule has 8 heteroatoms. The van der Waals surface area contributed by atoms with Crippen LogP contribution in [-0.4, -0.2) is 43.5 Å². The lowest BCUT2D eigenvalue weighted by Gasteiger charge is -2.35. The third-order valence-corrected chi connectivity index (χ3v) is 4.64. The summed E-state index contributed by atoms with van der Waals surface area (Å²) in [4.78, 5) is 28.8. The maximum Gasteiger partial charge on any atom is 0.269 e. The molecule has 0 saturated carbocycles. The van der Waals surface area contributed by atoms with Gasteiger partial charge in [0.05, 0.1) is 4.92 Å². The summed E-state index contributed by atoms with van der Waals surface area (Å²) in [5, 5.41) is 21.3. The fourth-order valence-corrected chi connectivity index (χ4v) is 3.23. The van der Waals surface area contributed by atoms with Gasteiger partial charge in [0.1, 0.15) is 11.9 Å². The molecule has 1 aromatic heterocycles. The van der Waals surface area contributed by atoms with Crippen LogP contribution in [0.3, 0.4) is 0 Å². The topological polar surface area (TPSA) is 102 Å². The van der Waals surface area contributed by atoms with Crippen molar-refractivity contribution in [2.75, 3.05) is 13.1 Å². The molecule has 1 aliphatic rings. The number of hydrogen-bond donors (Lipinski definition) is 1. The lowest BCUT2D eigenvalue weighted by molar-refractivity contribution is -0.384. The number of carbonyl (C=O) groups excluding carboxylic acids is 1. The molecule has 0 radical (unpaired) electrons. The molecule has 1 saturated heterocycles. The Balaban J connectivity index is 1.71. The number of hydrogen-bond acceptors (Lipinski definition) is 5. The Labute approximate surface area is 144 Å². The highest BCUT2D eigenvalue weighted by molar-refractivity contribution is 5.94. The molecule has 0 spiro atoms. The van der Waals surface area contributed by atoms with Crippen molar-refractivity contribution in [2.24, 2.45) is 13.0 Å². The molecule has 2 aromatic rings. The van der Waals surface area contributed by atoms with Crippen LogP contribution in [0.25, 0.3) is 0 Å². The van der Waals surface area contributed by atoms with Gasteiger partial charge in [0.15, 0.2) is 0 Å². The van der Waals surface area contributed by atoms with Gasteiger partial charge in [0.25, 0.3) is 11.6 Å². The number of imidazole rings is 1. The summed E-state index contributed by atoms with van der Waals surface area (Å²) in [6.45, 7) is 1.05. The number of aliphatic hydroxyl groups is 1. The second-order valence-corrected chi connectivity index (χ2v) is 6.30. The Bertz CT molecular complexity index is 771. The van der Waals surface area contributed by atoms with Crippen LogP contribution in [0.5, 0.6) is 0 Å². The number of non-ortho nitro benzene ring substituents is 1. The van der Waals surface area contributed by atoms with Crippen LogP contribution in [0, 0.1) is 16.0 Å². The van der Waals surface area contributed by atoms with Gasteiger partial charge in [0, 0.05) is 56.1 Å². The van der Waals surface area contributed by atoms with E-state index in [2.05, 4.69) is 4.98 Å². The highest BCUT2D eigenvalue weighted by atomic mass is 16.6. The van der Waals surface area contributed by atoms with Gasteiger partial charge < -0.3 is 14.6 Å². The van der Waals surface area contributed by atoms with Crippen molar-refractivity contribution < 1.29 is 14.8 Å². The van der Waals surface area contributed by atoms with E-state index < -0.39 is 11.0 Å². The molecule has 2 atom stereocenters. The minimum absolute atomic E-state index is 0.0433. The SMILES string of the molecule is Cn1ccnc1C(O)C1CCCN(C(=O)c2ccc([N+](=O)[O-])cc2)C1. The Kier molecular flexibility index (Phi) is 4.80.